The first-order chi connectivity index (χ1) is 13.9. The predicted octanol–water partition coefficient (Wildman–Crippen LogP) is 4.22. The summed E-state index contributed by atoms with van der Waals surface area (Å²) < 4.78 is 13.5. The number of anilines is 1. The number of carbonyl (C=O) groups is 2. The molecule has 2 heterocycles. The van der Waals surface area contributed by atoms with Crippen LogP contribution in [0.2, 0.25) is 0 Å². The van der Waals surface area contributed by atoms with Gasteiger partial charge in [0.15, 0.2) is 11.5 Å². The van der Waals surface area contributed by atoms with Crippen LogP contribution in [0.4, 0.5) is 10.3 Å². The van der Waals surface area contributed by atoms with E-state index in [1.807, 2.05) is 32.0 Å². The van der Waals surface area contributed by atoms with Gasteiger partial charge in [-0.15, -0.1) is 0 Å². The van der Waals surface area contributed by atoms with Gasteiger partial charge in [0.2, 0.25) is 5.95 Å². The standard InChI is InChI=1S/C22H20FN3O3/c1-12(2)11-17(27)18-19(13-7-9-14(23)10-8-13)26(21(29)20(18)28)22-24-15-5-3-4-6-16(15)25-22/h3-10,12,19,28H,11H2,1-2H3,(H,24,25). The molecule has 148 valence electrons. The highest BCUT2D eigenvalue weighted by Gasteiger charge is 2.45. The lowest BCUT2D eigenvalue weighted by atomic mass is 9.92. The molecule has 1 aliphatic heterocycles. The number of nitrogens with one attached hydrogen (secondary N) is 1. The average Bonchev–Trinajstić information content (AvgIpc) is 3.21. The molecule has 0 saturated heterocycles. The van der Waals surface area contributed by atoms with Crippen molar-refractivity contribution in [1.29, 1.82) is 0 Å². The SMILES string of the molecule is CC(C)CC(=O)C1=C(O)C(=O)N(c2nc3ccccc3[nH]2)C1c1ccc(F)cc1. The van der Waals surface area contributed by atoms with Gasteiger partial charge in [0, 0.05) is 6.42 Å². The average molecular weight is 393 g/mol. The molecule has 0 bridgehead atoms. The summed E-state index contributed by atoms with van der Waals surface area (Å²) in [7, 11) is 0. The molecule has 1 unspecified atom stereocenters. The molecule has 0 saturated carbocycles. The van der Waals surface area contributed by atoms with Crippen molar-refractivity contribution in [1.82, 2.24) is 9.97 Å². The Morgan fingerprint density at radius 1 is 1.21 bits per heavy atom. The van der Waals surface area contributed by atoms with E-state index in [4.69, 9.17) is 0 Å². The number of carbonyl (C=O) groups excluding carboxylic acids is 2. The number of imidazole rings is 1. The van der Waals surface area contributed by atoms with Gasteiger partial charge in [-0.3, -0.25) is 14.5 Å². The van der Waals surface area contributed by atoms with E-state index in [9.17, 15) is 19.1 Å². The summed E-state index contributed by atoms with van der Waals surface area (Å²) in [6, 6.07) is 11.9. The van der Waals surface area contributed by atoms with Crippen molar-refractivity contribution < 1.29 is 19.1 Å². The number of hydrogen-bond acceptors (Lipinski definition) is 4. The molecule has 1 amide bonds. The molecule has 6 nitrogen and oxygen atoms in total. The number of ketones is 1. The molecule has 1 aliphatic rings. The number of nitrogens with zero attached hydrogens (tertiary/aromatic N) is 2. The summed E-state index contributed by atoms with van der Waals surface area (Å²) >= 11 is 0. The van der Waals surface area contributed by atoms with Crippen LogP contribution in [0.5, 0.6) is 0 Å². The third-order valence-corrected chi connectivity index (χ3v) is 4.89. The van der Waals surface area contributed by atoms with Crippen molar-refractivity contribution in [2.75, 3.05) is 4.90 Å². The summed E-state index contributed by atoms with van der Waals surface area (Å²) in [4.78, 5) is 34.7. The Bertz CT molecular complexity index is 1100. The van der Waals surface area contributed by atoms with Crippen LogP contribution < -0.4 is 4.90 Å². The largest absolute Gasteiger partial charge is 0.503 e. The number of aromatic amines is 1. The molecule has 29 heavy (non-hydrogen) atoms. The van der Waals surface area contributed by atoms with Crippen LogP contribution in [0.25, 0.3) is 11.0 Å². The minimum atomic E-state index is -0.894. The van der Waals surface area contributed by atoms with E-state index in [0.29, 0.717) is 11.1 Å². The molecule has 1 atom stereocenters. The van der Waals surface area contributed by atoms with E-state index in [1.54, 1.807) is 6.07 Å². The van der Waals surface area contributed by atoms with Crippen molar-refractivity contribution >= 4 is 28.7 Å². The second-order valence-electron chi connectivity index (χ2n) is 7.49. The van der Waals surface area contributed by atoms with Crippen LogP contribution in [0.3, 0.4) is 0 Å². The molecular weight excluding hydrogens is 373 g/mol. The normalized spacial score (nSPS) is 17.0. The number of H-pyrrole nitrogens is 1. The molecule has 4 rings (SSSR count). The van der Waals surface area contributed by atoms with Crippen LogP contribution in [-0.4, -0.2) is 26.8 Å². The number of benzene rings is 2. The third-order valence-electron chi connectivity index (χ3n) is 4.89. The van der Waals surface area contributed by atoms with Crippen molar-refractivity contribution in [3.63, 3.8) is 0 Å². The summed E-state index contributed by atoms with van der Waals surface area (Å²) in [5, 5.41) is 10.6. The van der Waals surface area contributed by atoms with E-state index in [0.717, 1.165) is 5.52 Å². The predicted molar refractivity (Wildman–Crippen MR) is 107 cm³/mol. The molecule has 0 aliphatic carbocycles. The quantitative estimate of drug-likeness (QED) is 0.680. The zero-order chi connectivity index (χ0) is 20.7. The Morgan fingerprint density at radius 2 is 1.90 bits per heavy atom. The number of aliphatic hydroxyl groups excluding tert-OH is 1. The highest BCUT2D eigenvalue weighted by atomic mass is 19.1. The molecule has 0 radical (unpaired) electrons. The van der Waals surface area contributed by atoms with Gasteiger partial charge in [0.1, 0.15) is 5.82 Å². The first-order valence-electron chi connectivity index (χ1n) is 9.37. The van der Waals surface area contributed by atoms with E-state index in [2.05, 4.69) is 9.97 Å². The van der Waals surface area contributed by atoms with Gasteiger partial charge in [0.25, 0.3) is 5.91 Å². The Morgan fingerprint density at radius 3 is 2.55 bits per heavy atom. The zero-order valence-electron chi connectivity index (χ0n) is 16.0. The van der Waals surface area contributed by atoms with E-state index < -0.39 is 23.5 Å². The number of aromatic nitrogens is 2. The first kappa shape index (κ1) is 18.9. The van der Waals surface area contributed by atoms with Crippen LogP contribution in [-0.2, 0) is 9.59 Å². The molecule has 3 aromatic rings. The van der Waals surface area contributed by atoms with Gasteiger partial charge >= 0.3 is 0 Å². The Labute approximate surface area is 166 Å². The van der Waals surface area contributed by atoms with Gasteiger partial charge in [-0.1, -0.05) is 38.1 Å². The van der Waals surface area contributed by atoms with E-state index in [1.165, 1.54) is 29.2 Å². The minimum Gasteiger partial charge on any atom is -0.503 e. The number of aliphatic hydroxyl groups is 1. The smallest absolute Gasteiger partial charge is 0.296 e. The number of hydrogen-bond donors (Lipinski definition) is 2. The van der Waals surface area contributed by atoms with Crippen LogP contribution >= 0.6 is 0 Å². The van der Waals surface area contributed by atoms with Crippen molar-refractivity contribution in [3.8, 4) is 0 Å². The van der Waals surface area contributed by atoms with Gasteiger partial charge in [0.05, 0.1) is 22.6 Å². The molecule has 2 aromatic carbocycles. The Balaban J connectivity index is 1.86. The summed E-state index contributed by atoms with van der Waals surface area (Å²) in [5.41, 5.74) is 1.89. The topological polar surface area (TPSA) is 86.3 Å². The second kappa shape index (κ2) is 7.16. The first-order valence-corrected chi connectivity index (χ1v) is 9.37. The maximum atomic E-state index is 13.5. The van der Waals surface area contributed by atoms with Crippen molar-refractivity contribution in [2.45, 2.75) is 26.3 Å². The van der Waals surface area contributed by atoms with Crippen molar-refractivity contribution in [3.05, 3.63) is 71.2 Å². The fraction of sp³-hybridized carbons (Fsp3) is 0.227. The van der Waals surface area contributed by atoms with Gasteiger partial charge in [-0.25, -0.2) is 9.37 Å². The monoisotopic (exact) mass is 393 g/mol. The number of para-hydroxylation sites is 2. The lowest BCUT2D eigenvalue weighted by Crippen LogP contribution is -2.32. The van der Waals surface area contributed by atoms with E-state index in [-0.39, 0.29) is 29.6 Å². The number of rotatable bonds is 5. The highest BCUT2D eigenvalue weighted by molar-refractivity contribution is 6.16. The van der Waals surface area contributed by atoms with Gasteiger partial charge in [-0.2, -0.15) is 0 Å². The number of amides is 1. The summed E-state index contributed by atoms with van der Waals surface area (Å²) in [6.45, 7) is 3.77. The second-order valence-corrected chi connectivity index (χ2v) is 7.49. The Hall–Kier alpha value is -3.48. The maximum absolute atomic E-state index is 13.5. The fourth-order valence-electron chi connectivity index (χ4n) is 3.60. The van der Waals surface area contributed by atoms with Crippen LogP contribution in [0.1, 0.15) is 31.9 Å². The maximum Gasteiger partial charge on any atom is 0.296 e. The molecule has 1 aromatic heterocycles. The lowest BCUT2D eigenvalue weighted by molar-refractivity contribution is -0.118. The zero-order valence-corrected chi connectivity index (χ0v) is 16.0. The minimum absolute atomic E-state index is 0.00997. The molecule has 7 heteroatoms. The summed E-state index contributed by atoms with van der Waals surface area (Å²) in [6.07, 6.45) is 0.179. The van der Waals surface area contributed by atoms with Gasteiger partial charge < -0.3 is 10.1 Å². The molecular formula is C22H20FN3O3. The van der Waals surface area contributed by atoms with E-state index >= 15 is 0 Å². The molecule has 0 spiro atoms. The Kier molecular flexibility index (Phi) is 4.66. The van der Waals surface area contributed by atoms with Crippen LogP contribution in [0.15, 0.2) is 59.9 Å². The van der Waals surface area contributed by atoms with Crippen LogP contribution in [0, 0.1) is 11.7 Å². The van der Waals surface area contributed by atoms with Gasteiger partial charge in [-0.05, 0) is 35.7 Å². The fourth-order valence-corrected chi connectivity index (χ4v) is 3.60. The lowest BCUT2D eigenvalue weighted by Gasteiger charge is -2.24. The number of Topliss-reactive ketones (excluding diaryl/α,β-unsaturated/α-hetero) is 1. The van der Waals surface area contributed by atoms with Crippen molar-refractivity contribution in [2.24, 2.45) is 5.92 Å². The number of fused-ring (bicyclic) bond motifs is 1. The summed E-state index contributed by atoms with van der Waals surface area (Å²) in [5.74, 6) is -1.80. The third kappa shape index (κ3) is 3.29. The molecule has 2 N–H and O–H groups in total. The number of halogens is 1. The molecule has 0 fully saturated rings. The highest BCUT2D eigenvalue weighted by Crippen LogP contribution is 2.41.